The lowest BCUT2D eigenvalue weighted by Crippen LogP contribution is -2.44. The fourth-order valence-electron chi connectivity index (χ4n) is 3.37. The predicted octanol–water partition coefficient (Wildman–Crippen LogP) is 5.90. The van der Waals surface area contributed by atoms with Crippen LogP contribution in [0.3, 0.4) is 0 Å². The summed E-state index contributed by atoms with van der Waals surface area (Å²) in [7, 11) is 0. The summed E-state index contributed by atoms with van der Waals surface area (Å²) in [6.45, 7) is 0. The molecule has 1 unspecified atom stereocenters. The molecule has 1 aromatic carbocycles. The number of pyridine rings is 1. The number of anilines is 1. The Morgan fingerprint density at radius 1 is 1.35 bits per heavy atom. The highest BCUT2D eigenvalue weighted by Gasteiger charge is 2.47. The zero-order valence-electron chi connectivity index (χ0n) is 13.7. The van der Waals surface area contributed by atoms with Crippen molar-refractivity contribution >= 4 is 56.7 Å². The smallest absolute Gasteiger partial charge is 0.324 e. The van der Waals surface area contributed by atoms with Gasteiger partial charge in [-0.2, -0.15) is 13.2 Å². The fraction of sp³-hybridized carbons (Fsp3) is 0.444. The van der Waals surface area contributed by atoms with Gasteiger partial charge in [0.05, 0.1) is 23.0 Å². The number of fused-ring (bicyclic) bond motifs is 1. The number of rotatable bonds is 5. The number of alkyl halides is 4. The molecule has 1 amide bonds. The minimum Gasteiger partial charge on any atom is -0.324 e. The van der Waals surface area contributed by atoms with Crippen molar-refractivity contribution in [2.24, 2.45) is 5.41 Å². The molecule has 26 heavy (non-hydrogen) atoms. The highest BCUT2D eigenvalue weighted by Crippen LogP contribution is 2.48. The Bertz CT molecular complexity index is 824. The third-order valence-electron chi connectivity index (χ3n) is 4.82. The number of halogens is 5. The summed E-state index contributed by atoms with van der Waals surface area (Å²) in [5, 5.41) is 2.69. The summed E-state index contributed by atoms with van der Waals surface area (Å²) in [5.74, 6) is -0.273. The van der Waals surface area contributed by atoms with Crippen LogP contribution in [0, 0.1) is 8.99 Å². The Kier molecular flexibility index (Phi) is 5.67. The van der Waals surface area contributed by atoms with Gasteiger partial charge in [-0.15, -0.1) is 11.6 Å². The highest BCUT2D eigenvalue weighted by atomic mass is 127. The van der Waals surface area contributed by atoms with Gasteiger partial charge in [-0.1, -0.05) is 12.5 Å². The molecule has 8 heteroatoms. The first-order valence-electron chi connectivity index (χ1n) is 8.26. The molecule has 0 saturated heterocycles. The molecule has 0 bridgehead atoms. The van der Waals surface area contributed by atoms with E-state index >= 15 is 0 Å². The topological polar surface area (TPSA) is 42.0 Å². The summed E-state index contributed by atoms with van der Waals surface area (Å²) in [6, 6.07) is 7.38. The van der Waals surface area contributed by atoms with Gasteiger partial charge < -0.3 is 5.32 Å². The average Bonchev–Trinajstić information content (AvgIpc) is 2.52. The third kappa shape index (κ3) is 4.24. The van der Waals surface area contributed by atoms with Gasteiger partial charge in [0.2, 0.25) is 5.91 Å². The maximum atomic E-state index is 12.9. The molecule has 1 aliphatic rings. The van der Waals surface area contributed by atoms with Crippen molar-refractivity contribution in [1.82, 2.24) is 4.98 Å². The number of hydrogen-bond donors (Lipinski definition) is 1. The molecule has 1 aromatic heterocycles. The SMILES string of the molecule is O=C(Nc1ccc(I)c2cccnc12)C1(CC(Cl)CC(F)(F)F)CCC1. The van der Waals surface area contributed by atoms with Gasteiger partial charge in [-0.05, 0) is 60.1 Å². The summed E-state index contributed by atoms with van der Waals surface area (Å²) >= 11 is 8.11. The summed E-state index contributed by atoms with van der Waals surface area (Å²) in [4.78, 5) is 17.2. The first-order chi connectivity index (χ1) is 12.2. The van der Waals surface area contributed by atoms with Crippen LogP contribution in [0.25, 0.3) is 10.9 Å². The van der Waals surface area contributed by atoms with Crippen molar-refractivity contribution in [2.75, 3.05) is 5.32 Å². The van der Waals surface area contributed by atoms with E-state index in [0.717, 1.165) is 15.4 Å². The number of carbonyl (C=O) groups excluding carboxylic acids is 1. The molecule has 0 aliphatic heterocycles. The number of carbonyl (C=O) groups is 1. The van der Waals surface area contributed by atoms with E-state index in [9.17, 15) is 18.0 Å². The molecule has 3 nitrogen and oxygen atoms in total. The summed E-state index contributed by atoms with van der Waals surface area (Å²) in [6.07, 6.45) is -1.83. The second-order valence-corrected chi connectivity index (χ2v) is 8.48. The molecular formula is C18H17ClF3IN2O. The monoisotopic (exact) mass is 496 g/mol. The quantitative estimate of drug-likeness (QED) is 0.414. The van der Waals surface area contributed by atoms with E-state index in [4.69, 9.17) is 11.6 Å². The van der Waals surface area contributed by atoms with Gasteiger partial charge in [-0.25, -0.2) is 0 Å². The van der Waals surface area contributed by atoms with Crippen LogP contribution in [0.1, 0.15) is 32.1 Å². The second-order valence-electron chi connectivity index (χ2n) is 6.70. The number of nitrogens with zero attached hydrogens (tertiary/aromatic N) is 1. The Hall–Kier alpha value is -1.09. The lowest BCUT2D eigenvalue weighted by Gasteiger charge is -2.41. The third-order valence-corrected chi connectivity index (χ3v) is 6.07. The van der Waals surface area contributed by atoms with Crippen molar-refractivity contribution < 1.29 is 18.0 Å². The van der Waals surface area contributed by atoms with Crippen LogP contribution in [-0.2, 0) is 4.79 Å². The number of aromatic nitrogens is 1. The van der Waals surface area contributed by atoms with Gasteiger partial charge in [0, 0.05) is 20.5 Å². The normalized spacial score (nSPS) is 17.6. The molecule has 1 N–H and O–H groups in total. The zero-order chi connectivity index (χ0) is 18.9. The maximum Gasteiger partial charge on any atom is 0.390 e. The predicted molar refractivity (Wildman–Crippen MR) is 104 cm³/mol. The molecule has 2 aromatic rings. The van der Waals surface area contributed by atoms with Crippen LogP contribution in [0.2, 0.25) is 0 Å². The van der Waals surface area contributed by atoms with E-state index < -0.39 is 23.4 Å². The fourth-order valence-corrected chi connectivity index (χ4v) is 4.45. The molecule has 1 atom stereocenters. The minimum absolute atomic E-state index is 0.0234. The minimum atomic E-state index is -4.33. The molecule has 0 spiro atoms. The van der Waals surface area contributed by atoms with Crippen LogP contribution < -0.4 is 5.32 Å². The van der Waals surface area contributed by atoms with E-state index in [1.807, 2.05) is 18.2 Å². The molecule has 140 valence electrons. The standard InChI is InChI=1S/C18H17ClF3IN2O/c19-11(10-18(20,21)22)9-17(6-2-7-17)16(26)25-14-5-4-13(23)12-3-1-8-24-15(12)14/h1,3-5,8,11H,2,6-7,9-10H2,(H,25,26). The zero-order valence-corrected chi connectivity index (χ0v) is 16.7. The Labute approximate surface area is 167 Å². The van der Waals surface area contributed by atoms with Crippen molar-refractivity contribution in [3.8, 4) is 0 Å². The van der Waals surface area contributed by atoms with Gasteiger partial charge in [0.25, 0.3) is 0 Å². The number of hydrogen-bond acceptors (Lipinski definition) is 2. The Morgan fingerprint density at radius 2 is 2.08 bits per heavy atom. The molecular weight excluding hydrogens is 480 g/mol. The highest BCUT2D eigenvalue weighted by molar-refractivity contribution is 14.1. The Morgan fingerprint density at radius 3 is 2.69 bits per heavy atom. The maximum absolute atomic E-state index is 12.9. The van der Waals surface area contributed by atoms with Gasteiger partial charge >= 0.3 is 6.18 Å². The lowest BCUT2D eigenvalue weighted by atomic mass is 9.65. The number of benzene rings is 1. The number of nitrogens with one attached hydrogen (secondary N) is 1. The Balaban J connectivity index is 1.79. The molecule has 1 saturated carbocycles. The van der Waals surface area contributed by atoms with Gasteiger partial charge in [-0.3, -0.25) is 9.78 Å². The molecule has 0 radical (unpaired) electrons. The summed E-state index contributed by atoms with van der Waals surface area (Å²) in [5.41, 5.74) is 0.404. The van der Waals surface area contributed by atoms with Crippen LogP contribution in [0.5, 0.6) is 0 Å². The van der Waals surface area contributed by atoms with Gasteiger partial charge in [0.15, 0.2) is 0 Å². The largest absolute Gasteiger partial charge is 0.390 e. The van der Waals surface area contributed by atoms with E-state index in [2.05, 4.69) is 32.9 Å². The molecule has 3 rings (SSSR count). The van der Waals surface area contributed by atoms with Gasteiger partial charge in [0.1, 0.15) is 0 Å². The summed E-state index contributed by atoms with van der Waals surface area (Å²) < 4.78 is 38.7. The molecule has 1 fully saturated rings. The second kappa shape index (κ2) is 7.50. The van der Waals surface area contributed by atoms with Crippen LogP contribution >= 0.6 is 34.2 Å². The first kappa shape index (κ1) is 19.7. The van der Waals surface area contributed by atoms with E-state index in [-0.39, 0.29) is 12.3 Å². The van der Waals surface area contributed by atoms with Crippen molar-refractivity contribution in [1.29, 1.82) is 0 Å². The lowest BCUT2D eigenvalue weighted by molar-refractivity contribution is -0.141. The average molecular weight is 497 g/mol. The number of amides is 1. The van der Waals surface area contributed by atoms with Crippen LogP contribution in [0.4, 0.5) is 18.9 Å². The molecule has 1 aliphatic carbocycles. The first-order valence-corrected chi connectivity index (χ1v) is 9.77. The molecule has 1 heterocycles. The van der Waals surface area contributed by atoms with E-state index in [1.165, 1.54) is 0 Å². The van der Waals surface area contributed by atoms with Crippen LogP contribution in [-0.4, -0.2) is 22.4 Å². The van der Waals surface area contributed by atoms with Crippen molar-refractivity contribution in [3.63, 3.8) is 0 Å². The van der Waals surface area contributed by atoms with E-state index in [0.29, 0.717) is 24.0 Å². The van der Waals surface area contributed by atoms with Crippen molar-refractivity contribution in [2.45, 2.75) is 43.7 Å². The van der Waals surface area contributed by atoms with Crippen molar-refractivity contribution in [3.05, 3.63) is 34.0 Å². The van der Waals surface area contributed by atoms with E-state index in [1.54, 1.807) is 12.3 Å². The van der Waals surface area contributed by atoms with Crippen LogP contribution in [0.15, 0.2) is 30.5 Å².